The van der Waals surface area contributed by atoms with Gasteiger partial charge in [-0.1, -0.05) is 42.5 Å². The molecule has 0 aliphatic carbocycles. The summed E-state index contributed by atoms with van der Waals surface area (Å²) < 4.78 is 14.1. The van der Waals surface area contributed by atoms with Crippen molar-refractivity contribution < 1.29 is 14.0 Å². The Labute approximate surface area is 174 Å². The van der Waals surface area contributed by atoms with Crippen LogP contribution in [0.3, 0.4) is 0 Å². The number of hydrogen-bond donors (Lipinski definition) is 1. The lowest BCUT2D eigenvalue weighted by Crippen LogP contribution is -2.43. The van der Waals surface area contributed by atoms with Crippen LogP contribution in [0.4, 0.5) is 21.5 Å². The molecule has 0 spiro atoms. The molecule has 0 saturated carbocycles. The van der Waals surface area contributed by atoms with Crippen LogP contribution >= 0.6 is 0 Å². The normalized spacial score (nSPS) is 15.9. The highest BCUT2D eigenvalue weighted by Crippen LogP contribution is 2.28. The maximum absolute atomic E-state index is 14.1. The van der Waals surface area contributed by atoms with Gasteiger partial charge >= 0.3 is 0 Å². The van der Waals surface area contributed by atoms with Crippen LogP contribution in [-0.2, 0) is 4.79 Å². The number of amides is 2. The standard InChI is InChI=1S/C24H22FN3O2/c1-27(22-15-16-28(24(22)30)21-14-8-6-12-19(21)25)23(29)18-11-5-7-13-20(18)26-17-9-3-2-4-10-17/h2-14,22,26H,15-16H2,1H3. The first kappa shape index (κ1) is 19.6. The number of para-hydroxylation sites is 3. The Hall–Kier alpha value is -3.67. The highest BCUT2D eigenvalue weighted by molar-refractivity contribution is 6.06. The fourth-order valence-corrected chi connectivity index (χ4v) is 3.72. The van der Waals surface area contributed by atoms with Gasteiger partial charge in [0.05, 0.1) is 16.9 Å². The Kier molecular flexibility index (Phi) is 5.48. The zero-order valence-corrected chi connectivity index (χ0v) is 16.6. The second-order valence-electron chi connectivity index (χ2n) is 7.20. The first-order chi connectivity index (χ1) is 14.6. The zero-order valence-electron chi connectivity index (χ0n) is 16.6. The van der Waals surface area contributed by atoms with Gasteiger partial charge in [-0.05, 0) is 42.8 Å². The van der Waals surface area contributed by atoms with Crippen molar-refractivity contribution in [2.24, 2.45) is 0 Å². The maximum Gasteiger partial charge on any atom is 0.256 e. The average Bonchev–Trinajstić information content (AvgIpc) is 3.15. The Balaban J connectivity index is 1.55. The Morgan fingerprint density at radius 3 is 2.43 bits per heavy atom. The van der Waals surface area contributed by atoms with Crippen molar-refractivity contribution in [2.75, 3.05) is 23.8 Å². The second-order valence-corrected chi connectivity index (χ2v) is 7.20. The van der Waals surface area contributed by atoms with Gasteiger partial charge in [-0.15, -0.1) is 0 Å². The minimum Gasteiger partial charge on any atom is -0.355 e. The fraction of sp³-hybridized carbons (Fsp3) is 0.167. The summed E-state index contributed by atoms with van der Waals surface area (Å²) in [6.07, 6.45) is 0.448. The second kappa shape index (κ2) is 8.37. The molecule has 1 aliphatic rings. The summed E-state index contributed by atoms with van der Waals surface area (Å²) in [7, 11) is 1.62. The van der Waals surface area contributed by atoms with E-state index in [-0.39, 0.29) is 17.5 Å². The molecule has 1 fully saturated rings. The molecule has 1 atom stereocenters. The molecule has 3 aromatic rings. The van der Waals surface area contributed by atoms with E-state index in [0.29, 0.717) is 24.2 Å². The van der Waals surface area contributed by atoms with E-state index in [1.165, 1.54) is 15.9 Å². The SMILES string of the molecule is CN(C(=O)c1ccccc1Nc1ccccc1)C1CCN(c2ccccc2F)C1=O. The third-order valence-corrected chi connectivity index (χ3v) is 5.32. The minimum atomic E-state index is -0.637. The van der Waals surface area contributed by atoms with Crippen molar-refractivity contribution >= 4 is 28.9 Å². The molecule has 4 rings (SSSR count). The van der Waals surface area contributed by atoms with Crippen LogP contribution in [-0.4, -0.2) is 36.3 Å². The summed E-state index contributed by atoms with van der Waals surface area (Å²) in [5, 5.41) is 3.26. The van der Waals surface area contributed by atoms with Gasteiger partial charge in [0, 0.05) is 19.3 Å². The molecule has 152 valence electrons. The van der Waals surface area contributed by atoms with Gasteiger partial charge in [-0.25, -0.2) is 4.39 Å². The first-order valence-corrected chi connectivity index (χ1v) is 9.80. The zero-order chi connectivity index (χ0) is 21.1. The summed E-state index contributed by atoms with van der Waals surface area (Å²) >= 11 is 0. The van der Waals surface area contributed by atoms with Crippen molar-refractivity contribution in [1.29, 1.82) is 0 Å². The number of nitrogens with one attached hydrogen (secondary N) is 1. The van der Waals surface area contributed by atoms with Crippen molar-refractivity contribution in [2.45, 2.75) is 12.5 Å². The van der Waals surface area contributed by atoms with E-state index in [1.807, 2.05) is 42.5 Å². The fourth-order valence-electron chi connectivity index (χ4n) is 3.72. The van der Waals surface area contributed by atoms with E-state index in [1.54, 1.807) is 37.4 Å². The van der Waals surface area contributed by atoms with Crippen LogP contribution < -0.4 is 10.2 Å². The summed E-state index contributed by atoms with van der Waals surface area (Å²) in [6, 6.07) is 22.3. The molecular weight excluding hydrogens is 381 g/mol. The van der Waals surface area contributed by atoms with E-state index in [9.17, 15) is 14.0 Å². The van der Waals surface area contributed by atoms with Gasteiger partial charge in [0.1, 0.15) is 11.9 Å². The molecule has 0 radical (unpaired) electrons. The van der Waals surface area contributed by atoms with Crippen LogP contribution in [0.25, 0.3) is 0 Å². The summed E-state index contributed by atoms with van der Waals surface area (Å²) in [4.78, 5) is 29.1. The lowest BCUT2D eigenvalue weighted by Gasteiger charge is -2.25. The molecule has 3 aromatic carbocycles. The number of hydrogen-bond acceptors (Lipinski definition) is 3. The molecule has 2 amide bonds. The molecule has 30 heavy (non-hydrogen) atoms. The van der Waals surface area contributed by atoms with Crippen LogP contribution in [0, 0.1) is 5.82 Å². The highest BCUT2D eigenvalue weighted by Gasteiger charge is 2.38. The van der Waals surface area contributed by atoms with Crippen molar-refractivity contribution in [3.8, 4) is 0 Å². The predicted octanol–water partition coefficient (Wildman–Crippen LogP) is 4.45. The van der Waals surface area contributed by atoms with Crippen molar-refractivity contribution in [1.82, 2.24) is 4.90 Å². The molecule has 1 N–H and O–H groups in total. The maximum atomic E-state index is 14.1. The molecule has 0 bridgehead atoms. The van der Waals surface area contributed by atoms with E-state index in [2.05, 4.69) is 5.32 Å². The lowest BCUT2D eigenvalue weighted by molar-refractivity contribution is -0.120. The number of rotatable bonds is 5. The largest absolute Gasteiger partial charge is 0.355 e. The summed E-state index contributed by atoms with van der Waals surface area (Å²) in [6.45, 7) is 0.367. The van der Waals surface area contributed by atoms with Crippen LogP contribution in [0.2, 0.25) is 0 Å². The monoisotopic (exact) mass is 403 g/mol. The van der Waals surface area contributed by atoms with Gasteiger partial charge < -0.3 is 15.1 Å². The molecule has 1 aliphatic heterocycles. The average molecular weight is 403 g/mol. The highest BCUT2D eigenvalue weighted by atomic mass is 19.1. The van der Waals surface area contributed by atoms with E-state index >= 15 is 0 Å². The van der Waals surface area contributed by atoms with Crippen molar-refractivity contribution in [3.05, 3.63) is 90.2 Å². The first-order valence-electron chi connectivity index (χ1n) is 9.80. The van der Waals surface area contributed by atoms with Crippen LogP contribution in [0.5, 0.6) is 0 Å². The molecule has 6 heteroatoms. The quantitative estimate of drug-likeness (QED) is 0.685. The Morgan fingerprint density at radius 2 is 1.67 bits per heavy atom. The third-order valence-electron chi connectivity index (χ3n) is 5.32. The minimum absolute atomic E-state index is 0.247. The molecule has 0 aromatic heterocycles. The molecule has 1 unspecified atom stereocenters. The number of anilines is 3. The Morgan fingerprint density at radius 1 is 1.00 bits per heavy atom. The molecule has 1 heterocycles. The van der Waals surface area contributed by atoms with Crippen molar-refractivity contribution in [3.63, 3.8) is 0 Å². The van der Waals surface area contributed by atoms with Gasteiger partial charge in [0.25, 0.3) is 5.91 Å². The number of carbonyl (C=O) groups is 2. The number of carbonyl (C=O) groups excluding carboxylic acids is 2. The predicted molar refractivity (Wildman–Crippen MR) is 115 cm³/mol. The Bertz CT molecular complexity index is 1070. The van der Waals surface area contributed by atoms with Gasteiger partial charge in [-0.2, -0.15) is 0 Å². The molecule has 5 nitrogen and oxygen atoms in total. The lowest BCUT2D eigenvalue weighted by atomic mass is 10.1. The third kappa shape index (κ3) is 3.76. The number of likely N-dealkylation sites (N-methyl/N-ethyl adjacent to an activating group) is 1. The van der Waals surface area contributed by atoms with Crippen LogP contribution in [0.15, 0.2) is 78.9 Å². The number of halogens is 1. The molecular formula is C24H22FN3O2. The smallest absolute Gasteiger partial charge is 0.256 e. The van der Waals surface area contributed by atoms with Crippen LogP contribution in [0.1, 0.15) is 16.8 Å². The number of benzene rings is 3. The van der Waals surface area contributed by atoms with Gasteiger partial charge in [-0.3, -0.25) is 9.59 Å². The topological polar surface area (TPSA) is 52.7 Å². The summed E-state index contributed by atoms with van der Waals surface area (Å²) in [5.74, 6) is -0.981. The van der Waals surface area contributed by atoms with E-state index in [0.717, 1.165) is 5.69 Å². The van der Waals surface area contributed by atoms with E-state index < -0.39 is 11.9 Å². The summed E-state index contributed by atoms with van der Waals surface area (Å²) in [5.41, 5.74) is 2.25. The molecule has 1 saturated heterocycles. The van der Waals surface area contributed by atoms with Gasteiger partial charge in [0.2, 0.25) is 5.91 Å². The van der Waals surface area contributed by atoms with E-state index in [4.69, 9.17) is 0 Å². The van der Waals surface area contributed by atoms with Gasteiger partial charge in [0.15, 0.2) is 0 Å². The number of nitrogens with zero attached hydrogens (tertiary/aromatic N) is 2.